The van der Waals surface area contributed by atoms with Crippen molar-refractivity contribution in [2.45, 2.75) is 0 Å². The molecule has 1 heterocycles. The van der Waals surface area contributed by atoms with Gasteiger partial charge in [0.2, 0.25) is 0 Å². The number of rotatable bonds is 1. The Bertz CT molecular complexity index is 370. The lowest BCUT2D eigenvalue weighted by Gasteiger charge is -1.96. The van der Waals surface area contributed by atoms with Crippen molar-refractivity contribution in [2.24, 2.45) is 4.99 Å². The zero-order chi connectivity index (χ0) is 9.14. The van der Waals surface area contributed by atoms with E-state index in [1.807, 2.05) is 0 Å². The molecular formula is C7H3ClFN3. The van der Waals surface area contributed by atoms with Crippen LogP contribution in [0.3, 0.4) is 0 Å². The maximum atomic E-state index is 12.8. The van der Waals surface area contributed by atoms with E-state index in [2.05, 4.69) is 16.7 Å². The van der Waals surface area contributed by atoms with E-state index in [-0.39, 0.29) is 16.5 Å². The molecule has 12 heavy (non-hydrogen) atoms. The molecule has 1 rings (SSSR count). The monoisotopic (exact) mass is 183 g/mol. The highest BCUT2D eigenvalue weighted by atomic mass is 35.5. The molecule has 3 nitrogen and oxygen atoms in total. The highest BCUT2D eigenvalue weighted by Crippen LogP contribution is 2.20. The molecule has 0 bridgehead atoms. The molecule has 0 fully saturated rings. The average Bonchev–Trinajstić information content (AvgIpc) is 2.08. The maximum Gasteiger partial charge on any atom is 0.189 e. The first-order valence-corrected chi connectivity index (χ1v) is 3.29. The van der Waals surface area contributed by atoms with E-state index in [1.54, 1.807) is 6.07 Å². The molecule has 0 atom stereocenters. The van der Waals surface area contributed by atoms with Gasteiger partial charge in [0.05, 0.1) is 5.56 Å². The molecule has 0 saturated carbocycles. The van der Waals surface area contributed by atoms with Crippen LogP contribution >= 0.6 is 11.6 Å². The molecule has 0 spiro atoms. The summed E-state index contributed by atoms with van der Waals surface area (Å²) in [6.45, 7) is 3.09. The van der Waals surface area contributed by atoms with Gasteiger partial charge in [0, 0.05) is 0 Å². The number of pyridine rings is 1. The van der Waals surface area contributed by atoms with Crippen LogP contribution in [0, 0.1) is 17.1 Å². The average molecular weight is 184 g/mol. The minimum atomic E-state index is -0.703. The smallest absolute Gasteiger partial charge is 0.189 e. The van der Waals surface area contributed by atoms with Crippen molar-refractivity contribution in [3.05, 3.63) is 22.6 Å². The van der Waals surface area contributed by atoms with Crippen LogP contribution < -0.4 is 0 Å². The van der Waals surface area contributed by atoms with Crippen molar-refractivity contribution in [3.63, 3.8) is 0 Å². The number of aromatic nitrogens is 1. The quantitative estimate of drug-likeness (QED) is 0.494. The highest BCUT2D eigenvalue weighted by molar-refractivity contribution is 6.30. The maximum absolute atomic E-state index is 12.8. The summed E-state index contributed by atoms with van der Waals surface area (Å²) in [6, 6.07) is 2.66. The molecule has 1 aromatic rings. The zero-order valence-corrected chi connectivity index (χ0v) is 6.64. The van der Waals surface area contributed by atoms with Crippen molar-refractivity contribution in [3.8, 4) is 6.07 Å². The van der Waals surface area contributed by atoms with Gasteiger partial charge in [0.1, 0.15) is 11.2 Å². The summed E-state index contributed by atoms with van der Waals surface area (Å²) in [6.07, 6.45) is 0. The van der Waals surface area contributed by atoms with Crippen LogP contribution in [0.15, 0.2) is 11.1 Å². The predicted molar refractivity (Wildman–Crippen MR) is 43.1 cm³/mol. The first-order valence-electron chi connectivity index (χ1n) is 2.92. The van der Waals surface area contributed by atoms with E-state index in [0.717, 1.165) is 6.07 Å². The third kappa shape index (κ3) is 1.41. The van der Waals surface area contributed by atoms with Gasteiger partial charge in [-0.05, 0) is 12.8 Å². The molecule has 0 radical (unpaired) electrons. The Morgan fingerprint density at radius 1 is 1.75 bits per heavy atom. The second-order valence-electron chi connectivity index (χ2n) is 1.90. The lowest BCUT2D eigenvalue weighted by molar-refractivity contribution is 0.624. The molecule has 60 valence electrons. The molecule has 0 aromatic carbocycles. The summed E-state index contributed by atoms with van der Waals surface area (Å²) in [7, 11) is 0. The lowest BCUT2D eigenvalue weighted by atomic mass is 10.3. The highest BCUT2D eigenvalue weighted by Gasteiger charge is 2.07. The molecule has 0 saturated heterocycles. The first kappa shape index (κ1) is 8.62. The van der Waals surface area contributed by atoms with E-state index in [9.17, 15) is 4.39 Å². The van der Waals surface area contributed by atoms with Crippen LogP contribution in [-0.2, 0) is 0 Å². The van der Waals surface area contributed by atoms with Crippen LogP contribution in [0.2, 0.25) is 5.15 Å². The standard InChI is InChI=1S/C7H3ClFN3/c1-11-7-5(9)2-4(3-10)6(8)12-7/h2H,1H2. The van der Waals surface area contributed by atoms with Gasteiger partial charge < -0.3 is 0 Å². The van der Waals surface area contributed by atoms with Crippen LogP contribution in [0.4, 0.5) is 10.2 Å². The minimum Gasteiger partial charge on any atom is -0.242 e. The molecule has 0 amide bonds. The molecule has 0 aliphatic heterocycles. The van der Waals surface area contributed by atoms with Gasteiger partial charge in [-0.15, -0.1) is 0 Å². The summed E-state index contributed by atoms with van der Waals surface area (Å²) in [5.74, 6) is -0.898. The van der Waals surface area contributed by atoms with Gasteiger partial charge in [-0.1, -0.05) is 11.6 Å². The number of nitriles is 1. The third-order valence-electron chi connectivity index (χ3n) is 1.18. The topological polar surface area (TPSA) is 49.0 Å². The van der Waals surface area contributed by atoms with E-state index >= 15 is 0 Å². The van der Waals surface area contributed by atoms with Crippen molar-refractivity contribution in [2.75, 3.05) is 0 Å². The second-order valence-corrected chi connectivity index (χ2v) is 2.26. The van der Waals surface area contributed by atoms with E-state index in [4.69, 9.17) is 16.9 Å². The van der Waals surface area contributed by atoms with Crippen LogP contribution in [0.1, 0.15) is 5.56 Å². The number of hydrogen-bond acceptors (Lipinski definition) is 3. The Morgan fingerprint density at radius 2 is 2.42 bits per heavy atom. The molecule has 0 unspecified atom stereocenters. The Labute approximate surface area is 73.1 Å². The normalized spacial score (nSPS) is 9.08. The number of halogens is 2. The Morgan fingerprint density at radius 3 is 2.92 bits per heavy atom. The van der Waals surface area contributed by atoms with E-state index < -0.39 is 5.82 Å². The van der Waals surface area contributed by atoms with E-state index in [0.29, 0.717) is 0 Å². The lowest BCUT2D eigenvalue weighted by Crippen LogP contribution is -1.87. The second kappa shape index (κ2) is 3.28. The van der Waals surface area contributed by atoms with Gasteiger partial charge in [-0.3, -0.25) is 0 Å². The van der Waals surface area contributed by atoms with E-state index in [1.165, 1.54) is 0 Å². The molecule has 1 aromatic heterocycles. The summed E-state index contributed by atoms with van der Waals surface area (Å²) in [5, 5.41) is 8.35. The fourth-order valence-corrected chi connectivity index (χ4v) is 0.824. The predicted octanol–water partition coefficient (Wildman–Crippen LogP) is 2.08. The number of aliphatic imine (C=N–C) groups is 1. The fraction of sp³-hybridized carbons (Fsp3) is 0. The van der Waals surface area contributed by atoms with Crippen molar-refractivity contribution >= 4 is 24.1 Å². The van der Waals surface area contributed by atoms with Gasteiger partial charge in [0.15, 0.2) is 11.6 Å². The molecule has 5 heteroatoms. The Balaban J connectivity index is 3.38. The third-order valence-corrected chi connectivity index (χ3v) is 1.47. The fourth-order valence-electron chi connectivity index (χ4n) is 0.647. The molecule has 0 aliphatic carbocycles. The Hall–Kier alpha value is -1.47. The summed E-state index contributed by atoms with van der Waals surface area (Å²) < 4.78 is 12.8. The summed E-state index contributed by atoms with van der Waals surface area (Å²) in [4.78, 5) is 6.78. The number of hydrogen-bond donors (Lipinski definition) is 0. The summed E-state index contributed by atoms with van der Waals surface area (Å²) in [5.41, 5.74) is -0.0124. The van der Waals surface area contributed by atoms with Crippen LogP contribution in [0.25, 0.3) is 0 Å². The largest absolute Gasteiger partial charge is 0.242 e. The van der Waals surface area contributed by atoms with Crippen LogP contribution in [0.5, 0.6) is 0 Å². The first-order chi connectivity index (χ1) is 5.69. The van der Waals surface area contributed by atoms with Gasteiger partial charge in [-0.25, -0.2) is 14.4 Å². The molecule has 0 N–H and O–H groups in total. The van der Waals surface area contributed by atoms with Crippen molar-refractivity contribution in [1.29, 1.82) is 5.26 Å². The van der Waals surface area contributed by atoms with Gasteiger partial charge in [-0.2, -0.15) is 5.26 Å². The van der Waals surface area contributed by atoms with Crippen LogP contribution in [-0.4, -0.2) is 11.7 Å². The SMILES string of the molecule is C=Nc1nc(Cl)c(C#N)cc1F. The van der Waals surface area contributed by atoms with Crippen molar-refractivity contribution in [1.82, 2.24) is 4.98 Å². The van der Waals surface area contributed by atoms with Gasteiger partial charge >= 0.3 is 0 Å². The zero-order valence-electron chi connectivity index (χ0n) is 5.88. The summed E-state index contributed by atoms with van der Waals surface area (Å²) >= 11 is 5.49. The number of nitrogens with zero attached hydrogens (tertiary/aromatic N) is 3. The Kier molecular flexibility index (Phi) is 2.36. The van der Waals surface area contributed by atoms with Gasteiger partial charge in [0.25, 0.3) is 0 Å². The molecular weight excluding hydrogens is 181 g/mol. The minimum absolute atomic E-state index is 0.0124. The van der Waals surface area contributed by atoms with Crippen molar-refractivity contribution < 1.29 is 4.39 Å². The molecule has 0 aliphatic rings.